The van der Waals surface area contributed by atoms with Gasteiger partial charge in [0.25, 0.3) is 0 Å². The van der Waals surface area contributed by atoms with Gasteiger partial charge < -0.3 is 9.84 Å². The van der Waals surface area contributed by atoms with Gasteiger partial charge >= 0.3 is 0 Å². The van der Waals surface area contributed by atoms with Gasteiger partial charge in [-0.25, -0.2) is 12.8 Å². The van der Waals surface area contributed by atoms with Crippen LogP contribution in [-0.2, 0) is 29.0 Å². The number of hydrogen-bond donors (Lipinski definition) is 1. The number of hydrogen-bond acceptors (Lipinski definition) is 4. The number of sulfonamides is 1. The van der Waals surface area contributed by atoms with Gasteiger partial charge in [0.05, 0.1) is 13.0 Å². The molecule has 38 heavy (non-hydrogen) atoms. The fraction of sp³-hybridized carbons (Fsp3) is 0.143. The molecule has 0 aliphatic rings. The van der Waals surface area contributed by atoms with Gasteiger partial charge in [-0.05, 0) is 65.2 Å². The van der Waals surface area contributed by atoms with Crippen LogP contribution in [-0.4, -0.2) is 24.9 Å². The molecular weight excluding hydrogens is 572 g/mol. The Morgan fingerprint density at radius 3 is 2.13 bits per heavy atom. The minimum absolute atomic E-state index is 0.112. The highest BCUT2D eigenvalue weighted by Crippen LogP contribution is 2.36. The lowest BCUT2D eigenvalue weighted by Gasteiger charge is -2.25. The van der Waals surface area contributed by atoms with Crippen LogP contribution in [0.3, 0.4) is 0 Å². The Labute approximate surface area is 236 Å². The van der Waals surface area contributed by atoms with Crippen molar-refractivity contribution in [2.45, 2.75) is 23.9 Å². The normalized spacial score (nSPS) is 11.6. The maximum atomic E-state index is 14.0. The lowest BCUT2D eigenvalue weighted by molar-refractivity contribution is 0.373. The van der Waals surface area contributed by atoms with Crippen molar-refractivity contribution < 1.29 is 22.7 Å². The molecule has 0 amide bonds. The Morgan fingerprint density at radius 1 is 0.842 bits per heavy atom. The van der Waals surface area contributed by atoms with Crippen LogP contribution in [0.1, 0.15) is 16.7 Å². The standard InChI is InChI=1S/C28H23Cl3FNO4S/c1-37-26-11-6-20(19-4-7-23(30)8-5-19)12-22(26)17-33(16-18-2-9-25(32)10-3-18)38(35,36)27-14-24(31)13-21(15-29)28(27)34/h2-14,34H,15-17H2,1H3. The number of alkyl halides is 1. The van der Waals surface area contributed by atoms with E-state index in [0.717, 1.165) is 11.1 Å². The molecule has 198 valence electrons. The Hall–Kier alpha value is -2.81. The highest BCUT2D eigenvalue weighted by Gasteiger charge is 2.30. The molecule has 1 N–H and O–H groups in total. The molecular formula is C28H23Cl3FNO4S. The fourth-order valence-electron chi connectivity index (χ4n) is 4.00. The quantitative estimate of drug-likeness (QED) is 0.202. The van der Waals surface area contributed by atoms with Crippen molar-refractivity contribution in [3.63, 3.8) is 0 Å². The van der Waals surface area contributed by atoms with Gasteiger partial charge in [-0.3, -0.25) is 0 Å². The summed E-state index contributed by atoms with van der Waals surface area (Å²) >= 11 is 18.1. The van der Waals surface area contributed by atoms with E-state index in [1.807, 2.05) is 24.3 Å². The van der Waals surface area contributed by atoms with E-state index in [2.05, 4.69) is 0 Å². The predicted molar refractivity (Wildman–Crippen MR) is 149 cm³/mol. The Morgan fingerprint density at radius 2 is 1.50 bits per heavy atom. The van der Waals surface area contributed by atoms with Crippen LogP contribution in [0.25, 0.3) is 11.1 Å². The van der Waals surface area contributed by atoms with Crippen LogP contribution in [0.2, 0.25) is 10.0 Å². The molecule has 0 heterocycles. The maximum Gasteiger partial charge on any atom is 0.247 e. The molecule has 0 unspecified atom stereocenters. The molecule has 0 bridgehead atoms. The predicted octanol–water partition coefficient (Wildman–Crippen LogP) is 7.64. The average molecular weight is 595 g/mol. The molecule has 4 rings (SSSR count). The molecule has 0 atom stereocenters. The first-order valence-corrected chi connectivity index (χ1v) is 14.1. The summed E-state index contributed by atoms with van der Waals surface area (Å²) in [6.07, 6.45) is 0. The number of phenolic OH excluding ortho intramolecular Hbond substituents is 1. The third kappa shape index (κ3) is 6.25. The molecule has 4 aromatic rings. The van der Waals surface area contributed by atoms with Crippen LogP contribution < -0.4 is 4.74 Å². The van der Waals surface area contributed by atoms with Crippen LogP contribution in [0.15, 0.2) is 83.8 Å². The second-order valence-corrected chi connectivity index (χ2v) is 11.5. The van der Waals surface area contributed by atoms with E-state index >= 15 is 0 Å². The average Bonchev–Trinajstić information content (AvgIpc) is 2.90. The lowest BCUT2D eigenvalue weighted by atomic mass is 10.0. The summed E-state index contributed by atoms with van der Waals surface area (Å²) in [5.41, 5.74) is 3.01. The molecule has 4 aromatic carbocycles. The van der Waals surface area contributed by atoms with Crippen molar-refractivity contribution in [1.29, 1.82) is 0 Å². The van der Waals surface area contributed by atoms with Gasteiger partial charge in [-0.2, -0.15) is 4.31 Å². The maximum absolute atomic E-state index is 14.0. The van der Waals surface area contributed by atoms with Crippen molar-refractivity contribution in [1.82, 2.24) is 4.31 Å². The van der Waals surface area contributed by atoms with Crippen molar-refractivity contribution in [3.05, 3.63) is 111 Å². The zero-order valence-electron chi connectivity index (χ0n) is 20.2. The van der Waals surface area contributed by atoms with Crippen molar-refractivity contribution >= 4 is 44.8 Å². The summed E-state index contributed by atoms with van der Waals surface area (Å²) in [6.45, 7) is -0.231. The van der Waals surface area contributed by atoms with E-state index in [4.69, 9.17) is 39.5 Å². The third-order valence-electron chi connectivity index (χ3n) is 5.96. The van der Waals surface area contributed by atoms with Gasteiger partial charge in [-0.15, -0.1) is 11.6 Å². The van der Waals surface area contributed by atoms with Crippen molar-refractivity contribution in [2.24, 2.45) is 0 Å². The van der Waals surface area contributed by atoms with Crippen molar-refractivity contribution in [3.8, 4) is 22.6 Å². The number of aromatic hydroxyl groups is 1. The minimum atomic E-state index is -4.33. The summed E-state index contributed by atoms with van der Waals surface area (Å²) in [7, 11) is -2.83. The topological polar surface area (TPSA) is 66.8 Å². The van der Waals surface area contributed by atoms with Gasteiger partial charge in [0.1, 0.15) is 22.2 Å². The number of benzene rings is 4. The van der Waals surface area contributed by atoms with E-state index in [9.17, 15) is 17.9 Å². The first-order valence-electron chi connectivity index (χ1n) is 11.4. The highest BCUT2D eigenvalue weighted by atomic mass is 35.5. The lowest BCUT2D eigenvalue weighted by Crippen LogP contribution is -2.30. The molecule has 0 saturated heterocycles. The van der Waals surface area contributed by atoms with E-state index in [0.29, 0.717) is 21.9 Å². The summed E-state index contributed by atoms with van der Waals surface area (Å²) in [6, 6.07) is 20.8. The van der Waals surface area contributed by atoms with E-state index in [-0.39, 0.29) is 34.5 Å². The monoisotopic (exact) mass is 593 g/mol. The van der Waals surface area contributed by atoms with E-state index in [1.165, 1.54) is 47.8 Å². The number of phenols is 1. The number of nitrogens with zero attached hydrogens (tertiary/aromatic N) is 1. The van der Waals surface area contributed by atoms with E-state index in [1.54, 1.807) is 18.2 Å². The second kappa shape index (κ2) is 11.9. The third-order valence-corrected chi connectivity index (χ3v) is 8.52. The van der Waals surface area contributed by atoms with Crippen LogP contribution in [0, 0.1) is 5.82 Å². The number of halogens is 4. The van der Waals surface area contributed by atoms with Gasteiger partial charge in [-0.1, -0.05) is 53.5 Å². The van der Waals surface area contributed by atoms with Gasteiger partial charge in [0.2, 0.25) is 10.0 Å². The smallest absolute Gasteiger partial charge is 0.247 e. The summed E-state index contributed by atoms with van der Waals surface area (Å²) in [4.78, 5) is -0.379. The first-order chi connectivity index (χ1) is 18.1. The SMILES string of the molecule is COc1ccc(-c2ccc(Cl)cc2)cc1CN(Cc1ccc(F)cc1)S(=O)(=O)c1cc(Cl)cc(CCl)c1O. The van der Waals surface area contributed by atoms with Crippen LogP contribution in [0.4, 0.5) is 4.39 Å². The number of rotatable bonds is 9. The summed E-state index contributed by atoms with van der Waals surface area (Å²) in [5, 5.41) is 11.5. The van der Waals surface area contributed by atoms with Gasteiger partial charge in [0.15, 0.2) is 0 Å². The summed E-state index contributed by atoms with van der Waals surface area (Å²) < 4.78 is 48.2. The number of ether oxygens (including phenoxy) is 1. The van der Waals surface area contributed by atoms with E-state index < -0.39 is 21.6 Å². The molecule has 0 fully saturated rings. The Kier molecular flexibility index (Phi) is 8.85. The minimum Gasteiger partial charge on any atom is -0.506 e. The Balaban J connectivity index is 1.82. The molecule has 5 nitrogen and oxygen atoms in total. The molecule has 10 heteroatoms. The first kappa shape index (κ1) is 28.2. The largest absolute Gasteiger partial charge is 0.506 e. The fourth-order valence-corrected chi connectivity index (χ4v) is 6.19. The second-order valence-electron chi connectivity index (χ2n) is 8.48. The molecule has 0 aliphatic carbocycles. The van der Waals surface area contributed by atoms with Gasteiger partial charge in [0, 0.05) is 34.3 Å². The zero-order chi connectivity index (χ0) is 27.4. The molecule has 0 aromatic heterocycles. The van der Waals surface area contributed by atoms with Crippen molar-refractivity contribution in [2.75, 3.05) is 7.11 Å². The van der Waals surface area contributed by atoms with Crippen LogP contribution >= 0.6 is 34.8 Å². The zero-order valence-corrected chi connectivity index (χ0v) is 23.3. The molecule has 0 saturated carbocycles. The highest BCUT2D eigenvalue weighted by molar-refractivity contribution is 7.89. The Bertz CT molecular complexity index is 1550. The number of methoxy groups -OCH3 is 1. The van der Waals surface area contributed by atoms with Crippen LogP contribution in [0.5, 0.6) is 11.5 Å². The molecule has 0 aliphatic heterocycles. The molecule has 0 radical (unpaired) electrons. The summed E-state index contributed by atoms with van der Waals surface area (Å²) in [5.74, 6) is -0.585. The molecule has 0 spiro atoms.